The first-order chi connectivity index (χ1) is 10.8. The smallest absolute Gasteiger partial charge is 0.191 e. The molecule has 0 bridgehead atoms. The zero-order valence-electron chi connectivity index (χ0n) is 13.0. The van der Waals surface area contributed by atoms with Gasteiger partial charge >= 0.3 is 0 Å². The molecule has 3 rings (SSSR count). The van der Waals surface area contributed by atoms with E-state index in [9.17, 15) is 0 Å². The Bertz CT molecular complexity index is 603. The molecule has 1 aromatic heterocycles. The van der Waals surface area contributed by atoms with Gasteiger partial charge in [-0.25, -0.2) is 0 Å². The first kappa shape index (κ1) is 16.1. The lowest BCUT2D eigenvalue weighted by Crippen LogP contribution is -2.12. The average molecular weight is 380 g/mol. The van der Waals surface area contributed by atoms with E-state index in [2.05, 4.69) is 61.9 Å². The highest BCUT2D eigenvalue weighted by atomic mass is 79.9. The SMILES string of the molecule is CCn1c(SCc2ccc(Br)cc2)nnc1C1CCCCC1. The van der Waals surface area contributed by atoms with Crippen molar-refractivity contribution in [1.29, 1.82) is 0 Å². The summed E-state index contributed by atoms with van der Waals surface area (Å²) in [6.45, 7) is 3.15. The van der Waals surface area contributed by atoms with E-state index in [4.69, 9.17) is 0 Å². The topological polar surface area (TPSA) is 30.7 Å². The Morgan fingerprint density at radius 3 is 2.55 bits per heavy atom. The number of hydrogen-bond acceptors (Lipinski definition) is 3. The van der Waals surface area contributed by atoms with Crippen molar-refractivity contribution in [2.45, 2.75) is 62.4 Å². The van der Waals surface area contributed by atoms with Crippen molar-refractivity contribution in [3.63, 3.8) is 0 Å². The minimum absolute atomic E-state index is 0.614. The molecule has 0 N–H and O–H groups in total. The summed E-state index contributed by atoms with van der Waals surface area (Å²) in [6, 6.07) is 8.50. The van der Waals surface area contributed by atoms with Gasteiger partial charge in [0.05, 0.1) is 0 Å². The van der Waals surface area contributed by atoms with Crippen LogP contribution < -0.4 is 0 Å². The summed E-state index contributed by atoms with van der Waals surface area (Å²) < 4.78 is 3.44. The van der Waals surface area contributed by atoms with Gasteiger partial charge in [-0.05, 0) is 37.5 Å². The number of aromatic nitrogens is 3. The Morgan fingerprint density at radius 2 is 1.86 bits per heavy atom. The Kier molecular flexibility index (Phi) is 5.58. The van der Waals surface area contributed by atoms with Gasteiger partial charge in [0, 0.05) is 22.7 Å². The first-order valence-corrected chi connectivity index (χ1v) is 9.86. The van der Waals surface area contributed by atoms with Gasteiger partial charge in [-0.3, -0.25) is 0 Å². The van der Waals surface area contributed by atoms with E-state index >= 15 is 0 Å². The minimum atomic E-state index is 0.614. The second-order valence-corrected chi connectivity index (χ2v) is 7.69. The molecule has 5 heteroatoms. The molecule has 0 amide bonds. The maximum Gasteiger partial charge on any atom is 0.191 e. The molecular formula is C17H22BrN3S. The third-order valence-corrected chi connectivity index (χ3v) is 5.88. The molecule has 118 valence electrons. The minimum Gasteiger partial charge on any atom is -0.306 e. The van der Waals surface area contributed by atoms with Gasteiger partial charge < -0.3 is 4.57 Å². The fourth-order valence-electron chi connectivity index (χ4n) is 3.10. The zero-order chi connectivity index (χ0) is 15.4. The number of halogens is 1. The second-order valence-electron chi connectivity index (χ2n) is 5.84. The average Bonchev–Trinajstić information content (AvgIpc) is 2.98. The number of rotatable bonds is 5. The Hall–Kier alpha value is -0.810. The number of benzene rings is 1. The van der Waals surface area contributed by atoms with Crippen LogP contribution in [-0.2, 0) is 12.3 Å². The Morgan fingerprint density at radius 1 is 1.14 bits per heavy atom. The molecule has 1 saturated carbocycles. The summed E-state index contributed by atoms with van der Waals surface area (Å²) in [4.78, 5) is 0. The Balaban J connectivity index is 1.70. The maximum atomic E-state index is 4.52. The molecule has 1 aliphatic carbocycles. The van der Waals surface area contributed by atoms with Crippen LogP contribution in [0.5, 0.6) is 0 Å². The highest BCUT2D eigenvalue weighted by Crippen LogP contribution is 2.33. The summed E-state index contributed by atoms with van der Waals surface area (Å²) in [5.74, 6) is 2.76. The van der Waals surface area contributed by atoms with Crippen LogP contribution >= 0.6 is 27.7 Å². The second kappa shape index (κ2) is 7.64. The molecule has 0 spiro atoms. The molecular weight excluding hydrogens is 358 g/mol. The van der Waals surface area contributed by atoms with Crippen LogP contribution in [0.2, 0.25) is 0 Å². The van der Waals surface area contributed by atoms with Gasteiger partial charge in [0.15, 0.2) is 5.16 Å². The summed E-state index contributed by atoms with van der Waals surface area (Å²) in [6.07, 6.45) is 6.60. The third-order valence-electron chi connectivity index (χ3n) is 4.31. The van der Waals surface area contributed by atoms with E-state index in [0.717, 1.165) is 21.9 Å². The first-order valence-electron chi connectivity index (χ1n) is 8.08. The molecule has 3 nitrogen and oxygen atoms in total. The number of thioether (sulfide) groups is 1. The highest BCUT2D eigenvalue weighted by Gasteiger charge is 2.22. The fourth-order valence-corrected chi connectivity index (χ4v) is 4.32. The zero-order valence-corrected chi connectivity index (χ0v) is 15.4. The lowest BCUT2D eigenvalue weighted by molar-refractivity contribution is 0.413. The van der Waals surface area contributed by atoms with Crippen LogP contribution in [0.25, 0.3) is 0 Å². The van der Waals surface area contributed by atoms with Gasteiger partial charge in [0.25, 0.3) is 0 Å². The number of nitrogens with zero attached hydrogens (tertiary/aromatic N) is 3. The van der Waals surface area contributed by atoms with E-state index < -0.39 is 0 Å². The van der Waals surface area contributed by atoms with E-state index in [0.29, 0.717) is 5.92 Å². The molecule has 0 radical (unpaired) electrons. The van der Waals surface area contributed by atoms with E-state index in [-0.39, 0.29) is 0 Å². The Labute approximate surface area is 145 Å². The summed E-state index contributed by atoms with van der Waals surface area (Å²) in [5.41, 5.74) is 1.32. The van der Waals surface area contributed by atoms with Crippen molar-refractivity contribution in [1.82, 2.24) is 14.8 Å². The molecule has 22 heavy (non-hydrogen) atoms. The molecule has 0 aliphatic heterocycles. The molecule has 2 aromatic rings. The lowest BCUT2D eigenvalue weighted by atomic mass is 9.89. The van der Waals surface area contributed by atoms with Gasteiger partial charge in [0.1, 0.15) is 5.82 Å². The normalized spacial score (nSPS) is 16.1. The van der Waals surface area contributed by atoms with Gasteiger partial charge in [-0.15, -0.1) is 10.2 Å². The van der Waals surface area contributed by atoms with Crippen LogP contribution in [0.3, 0.4) is 0 Å². The summed E-state index contributed by atoms with van der Waals surface area (Å²) >= 11 is 5.27. The van der Waals surface area contributed by atoms with E-state index in [1.165, 1.54) is 43.5 Å². The van der Waals surface area contributed by atoms with E-state index in [1.807, 2.05) is 0 Å². The molecule has 0 atom stereocenters. The molecule has 1 heterocycles. The van der Waals surface area contributed by atoms with Crippen LogP contribution in [-0.4, -0.2) is 14.8 Å². The van der Waals surface area contributed by atoms with Crippen molar-refractivity contribution in [2.24, 2.45) is 0 Å². The lowest BCUT2D eigenvalue weighted by Gasteiger charge is -2.21. The van der Waals surface area contributed by atoms with Crippen LogP contribution in [0.15, 0.2) is 33.9 Å². The van der Waals surface area contributed by atoms with E-state index in [1.54, 1.807) is 11.8 Å². The van der Waals surface area contributed by atoms with Gasteiger partial charge in [-0.1, -0.05) is 59.1 Å². The quantitative estimate of drug-likeness (QED) is 0.651. The molecule has 0 unspecified atom stereocenters. The van der Waals surface area contributed by atoms with Crippen LogP contribution in [0.4, 0.5) is 0 Å². The predicted molar refractivity (Wildman–Crippen MR) is 95.2 cm³/mol. The highest BCUT2D eigenvalue weighted by molar-refractivity contribution is 9.10. The summed E-state index contributed by atoms with van der Waals surface area (Å²) in [7, 11) is 0. The van der Waals surface area contributed by atoms with Crippen molar-refractivity contribution >= 4 is 27.7 Å². The fraction of sp³-hybridized carbons (Fsp3) is 0.529. The molecule has 1 aromatic carbocycles. The van der Waals surface area contributed by atoms with Crippen LogP contribution in [0, 0.1) is 0 Å². The third kappa shape index (κ3) is 3.74. The summed E-state index contributed by atoms with van der Waals surface area (Å²) in [5, 5.41) is 10.0. The maximum absolute atomic E-state index is 4.52. The monoisotopic (exact) mass is 379 g/mol. The van der Waals surface area contributed by atoms with Crippen molar-refractivity contribution < 1.29 is 0 Å². The van der Waals surface area contributed by atoms with Crippen molar-refractivity contribution in [2.75, 3.05) is 0 Å². The van der Waals surface area contributed by atoms with Crippen molar-refractivity contribution in [3.05, 3.63) is 40.1 Å². The van der Waals surface area contributed by atoms with Crippen molar-refractivity contribution in [3.8, 4) is 0 Å². The predicted octanol–water partition coefficient (Wildman–Crippen LogP) is 5.40. The van der Waals surface area contributed by atoms with Gasteiger partial charge in [-0.2, -0.15) is 0 Å². The standard InChI is InChI=1S/C17H22BrN3S/c1-2-21-16(14-6-4-3-5-7-14)19-20-17(21)22-12-13-8-10-15(18)11-9-13/h8-11,14H,2-7,12H2,1H3. The largest absolute Gasteiger partial charge is 0.306 e. The molecule has 1 aliphatic rings. The van der Waals surface area contributed by atoms with Gasteiger partial charge in [0.2, 0.25) is 0 Å². The number of hydrogen-bond donors (Lipinski definition) is 0. The van der Waals surface area contributed by atoms with Crippen LogP contribution in [0.1, 0.15) is 56.3 Å². The molecule has 1 fully saturated rings. The molecule has 0 saturated heterocycles.